The Kier molecular flexibility index (Phi) is 4.43. The third kappa shape index (κ3) is 2.84. The van der Waals surface area contributed by atoms with Crippen molar-refractivity contribution >= 4 is 21.5 Å². The van der Waals surface area contributed by atoms with Gasteiger partial charge in [0.2, 0.25) is 0 Å². The minimum atomic E-state index is -3.83. The Balaban J connectivity index is 2.15. The second-order valence-electron chi connectivity index (χ2n) is 5.74. The average molecular weight is 361 g/mol. The predicted octanol–water partition coefficient (Wildman–Crippen LogP) is 2.79. The number of ether oxygens (including phenoxy) is 2. The summed E-state index contributed by atoms with van der Waals surface area (Å²) in [5.41, 5.74) is 1.38. The van der Waals surface area contributed by atoms with Gasteiger partial charge >= 0.3 is 0 Å². The number of sulfonamides is 1. The maximum atomic E-state index is 13.2. The van der Waals surface area contributed by atoms with Crippen LogP contribution in [0.2, 0.25) is 0 Å². The van der Waals surface area contributed by atoms with Gasteiger partial charge in [-0.2, -0.15) is 0 Å². The SMILES string of the molecule is COc1ccc(S(=O)(=O)N2CCC(=O)c3cccc(OC)c32)cc1C. The van der Waals surface area contributed by atoms with Gasteiger partial charge in [0.15, 0.2) is 5.78 Å². The van der Waals surface area contributed by atoms with Crippen LogP contribution in [-0.2, 0) is 10.0 Å². The van der Waals surface area contributed by atoms with E-state index in [-0.39, 0.29) is 23.6 Å². The summed E-state index contributed by atoms with van der Waals surface area (Å²) < 4.78 is 38.1. The number of benzene rings is 2. The fourth-order valence-electron chi connectivity index (χ4n) is 3.00. The van der Waals surface area contributed by atoms with Crippen LogP contribution in [-0.4, -0.2) is 35.0 Å². The largest absolute Gasteiger partial charge is 0.496 e. The molecule has 0 saturated carbocycles. The minimum Gasteiger partial charge on any atom is -0.496 e. The van der Waals surface area contributed by atoms with Gasteiger partial charge in [0.05, 0.1) is 19.1 Å². The second-order valence-corrected chi connectivity index (χ2v) is 7.60. The summed E-state index contributed by atoms with van der Waals surface area (Å²) in [5.74, 6) is 0.886. The predicted molar refractivity (Wildman–Crippen MR) is 94.2 cm³/mol. The lowest BCUT2D eigenvalue weighted by molar-refractivity contribution is 0.0981. The second kappa shape index (κ2) is 6.40. The molecule has 0 fully saturated rings. The fraction of sp³-hybridized carbons (Fsp3) is 0.278. The number of carbonyl (C=O) groups is 1. The van der Waals surface area contributed by atoms with Crippen molar-refractivity contribution in [2.45, 2.75) is 18.2 Å². The Morgan fingerprint density at radius 3 is 2.40 bits per heavy atom. The Morgan fingerprint density at radius 1 is 1.04 bits per heavy atom. The van der Waals surface area contributed by atoms with Crippen molar-refractivity contribution in [3.05, 3.63) is 47.5 Å². The molecular formula is C18H19NO5S. The van der Waals surface area contributed by atoms with E-state index in [9.17, 15) is 13.2 Å². The van der Waals surface area contributed by atoms with Gasteiger partial charge in [-0.05, 0) is 42.8 Å². The number of hydrogen-bond acceptors (Lipinski definition) is 5. The molecule has 6 nitrogen and oxygen atoms in total. The van der Waals surface area contributed by atoms with Gasteiger partial charge < -0.3 is 9.47 Å². The van der Waals surface area contributed by atoms with Crippen molar-refractivity contribution in [1.29, 1.82) is 0 Å². The van der Waals surface area contributed by atoms with Crippen molar-refractivity contribution < 1.29 is 22.7 Å². The lowest BCUT2D eigenvalue weighted by Crippen LogP contribution is -2.37. The number of fused-ring (bicyclic) bond motifs is 1. The molecule has 3 rings (SSSR count). The molecule has 0 aliphatic carbocycles. The summed E-state index contributed by atoms with van der Waals surface area (Å²) in [7, 11) is -0.842. The van der Waals surface area contributed by atoms with Crippen LogP contribution in [0.25, 0.3) is 0 Å². The first-order valence-corrected chi connectivity index (χ1v) is 9.21. The van der Waals surface area contributed by atoms with E-state index < -0.39 is 10.0 Å². The number of hydrogen-bond donors (Lipinski definition) is 0. The summed E-state index contributed by atoms with van der Waals surface area (Å²) >= 11 is 0. The molecule has 0 amide bonds. The topological polar surface area (TPSA) is 72.9 Å². The molecule has 1 aliphatic rings. The van der Waals surface area contributed by atoms with E-state index >= 15 is 0 Å². The molecule has 0 spiro atoms. The van der Waals surface area contributed by atoms with Gasteiger partial charge in [0.1, 0.15) is 17.2 Å². The minimum absolute atomic E-state index is 0.0830. The number of anilines is 1. The zero-order valence-corrected chi connectivity index (χ0v) is 15.1. The van der Waals surface area contributed by atoms with Gasteiger partial charge in [-0.25, -0.2) is 8.42 Å². The number of nitrogens with zero attached hydrogens (tertiary/aromatic N) is 1. The van der Waals surface area contributed by atoms with E-state index in [4.69, 9.17) is 9.47 Å². The highest BCUT2D eigenvalue weighted by Crippen LogP contribution is 2.39. The molecule has 0 radical (unpaired) electrons. The summed E-state index contributed by atoms with van der Waals surface area (Å²) in [6, 6.07) is 9.66. The fourth-order valence-corrected chi connectivity index (χ4v) is 4.58. The van der Waals surface area contributed by atoms with Crippen LogP contribution in [0, 0.1) is 6.92 Å². The van der Waals surface area contributed by atoms with Crippen LogP contribution >= 0.6 is 0 Å². The van der Waals surface area contributed by atoms with Crippen molar-refractivity contribution in [3.8, 4) is 11.5 Å². The Bertz CT molecular complexity index is 936. The van der Waals surface area contributed by atoms with Crippen LogP contribution in [0.4, 0.5) is 5.69 Å². The summed E-state index contributed by atoms with van der Waals surface area (Å²) in [6.45, 7) is 1.87. The normalized spacial score (nSPS) is 14.2. The zero-order valence-electron chi connectivity index (χ0n) is 14.3. The number of ketones is 1. The standard InChI is InChI=1S/C18H19NO5S/c1-12-11-13(7-8-16(12)23-2)25(21,22)19-10-9-15(20)14-5-4-6-17(24-3)18(14)19/h4-8,11H,9-10H2,1-3H3. The molecule has 1 aliphatic heterocycles. The lowest BCUT2D eigenvalue weighted by Gasteiger charge is -2.31. The first-order chi connectivity index (χ1) is 11.9. The van der Waals surface area contributed by atoms with Crippen molar-refractivity contribution in [1.82, 2.24) is 0 Å². The average Bonchev–Trinajstić information content (AvgIpc) is 2.61. The molecule has 0 N–H and O–H groups in total. The number of rotatable bonds is 4. The van der Waals surface area contributed by atoms with Gasteiger partial charge in [-0.1, -0.05) is 6.07 Å². The molecule has 0 unspecified atom stereocenters. The molecule has 2 aromatic carbocycles. The van der Waals surface area contributed by atoms with Crippen LogP contribution < -0.4 is 13.8 Å². The first kappa shape index (κ1) is 17.3. The molecule has 0 atom stereocenters. The van der Waals surface area contributed by atoms with Gasteiger partial charge in [0.25, 0.3) is 10.0 Å². The molecule has 0 aromatic heterocycles. The van der Waals surface area contributed by atoms with Crippen LogP contribution in [0.15, 0.2) is 41.3 Å². The molecule has 1 heterocycles. The Morgan fingerprint density at radius 2 is 1.76 bits per heavy atom. The number of methoxy groups -OCH3 is 2. The molecule has 2 aromatic rings. The number of para-hydroxylation sites is 1. The number of Topliss-reactive ketones (excluding diaryl/α,β-unsaturated/α-hetero) is 1. The van der Waals surface area contributed by atoms with E-state index in [1.807, 2.05) is 0 Å². The summed E-state index contributed by atoms with van der Waals surface area (Å²) in [4.78, 5) is 12.4. The lowest BCUT2D eigenvalue weighted by atomic mass is 10.0. The van der Waals surface area contributed by atoms with E-state index in [0.717, 1.165) is 5.56 Å². The van der Waals surface area contributed by atoms with Gasteiger partial charge in [-0.15, -0.1) is 0 Å². The first-order valence-electron chi connectivity index (χ1n) is 7.77. The Labute approximate surface area is 147 Å². The Hall–Kier alpha value is -2.54. The third-order valence-corrected chi connectivity index (χ3v) is 6.06. The van der Waals surface area contributed by atoms with E-state index in [1.54, 1.807) is 37.3 Å². The maximum absolute atomic E-state index is 13.2. The number of aryl methyl sites for hydroxylation is 1. The van der Waals surface area contributed by atoms with E-state index in [1.165, 1.54) is 24.6 Å². The van der Waals surface area contributed by atoms with Crippen LogP contribution in [0.5, 0.6) is 11.5 Å². The highest BCUT2D eigenvalue weighted by Gasteiger charge is 2.34. The molecule has 0 bridgehead atoms. The molecule has 7 heteroatoms. The zero-order chi connectivity index (χ0) is 18.2. The monoisotopic (exact) mass is 361 g/mol. The van der Waals surface area contributed by atoms with Gasteiger partial charge in [-0.3, -0.25) is 9.10 Å². The number of carbonyl (C=O) groups excluding carboxylic acids is 1. The van der Waals surface area contributed by atoms with Crippen LogP contribution in [0.3, 0.4) is 0 Å². The van der Waals surface area contributed by atoms with Crippen molar-refractivity contribution in [2.75, 3.05) is 25.1 Å². The van der Waals surface area contributed by atoms with Gasteiger partial charge in [0, 0.05) is 18.5 Å². The quantitative estimate of drug-likeness (QED) is 0.837. The smallest absolute Gasteiger partial charge is 0.264 e. The van der Waals surface area contributed by atoms with Crippen molar-refractivity contribution in [3.63, 3.8) is 0 Å². The molecule has 0 saturated heterocycles. The third-order valence-electron chi connectivity index (χ3n) is 4.26. The maximum Gasteiger partial charge on any atom is 0.264 e. The molecular weight excluding hydrogens is 342 g/mol. The summed E-state index contributed by atoms with van der Waals surface area (Å²) in [6.07, 6.45) is 0.133. The van der Waals surface area contributed by atoms with E-state index in [0.29, 0.717) is 22.7 Å². The van der Waals surface area contributed by atoms with E-state index in [2.05, 4.69) is 0 Å². The molecule has 25 heavy (non-hydrogen) atoms. The van der Waals surface area contributed by atoms with Crippen LogP contribution in [0.1, 0.15) is 22.3 Å². The highest BCUT2D eigenvalue weighted by molar-refractivity contribution is 7.92. The van der Waals surface area contributed by atoms with Crippen molar-refractivity contribution in [2.24, 2.45) is 0 Å². The molecule has 132 valence electrons. The highest BCUT2D eigenvalue weighted by atomic mass is 32.2. The summed E-state index contributed by atoms with van der Waals surface area (Å²) in [5, 5.41) is 0.